The molecule has 4 nitrogen and oxygen atoms in total. The quantitative estimate of drug-likeness (QED) is 0.465. The minimum absolute atomic E-state index is 0.120. The molecule has 0 atom stereocenters. The zero-order chi connectivity index (χ0) is 12.0. The number of allylic oxidation sites excluding steroid dienone is 2. The highest BCUT2D eigenvalue weighted by Crippen LogP contribution is 2.32. The topological polar surface area (TPSA) is 46.6 Å². The standard InChI is InChI=1S/C10H14ClNO3S/c1-15-10(14)4-5-12(11)9(13)8-16-6-2-3-7-16/h2-3,6-7,16H,4-5,8H2,1H3. The van der Waals surface area contributed by atoms with Gasteiger partial charge in [-0.1, -0.05) is 12.2 Å². The summed E-state index contributed by atoms with van der Waals surface area (Å²) in [5, 5.41) is 4.00. The molecule has 6 heteroatoms. The molecule has 1 heterocycles. The Morgan fingerprint density at radius 2 is 2.00 bits per heavy atom. The molecule has 1 amide bonds. The largest absolute Gasteiger partial charge is 0.469 e. The van der Waals surface area contributed by atoms with Crippen LogP contribution in [-0.4, -0.2) is 35.7 Å². The number of methoxy groups -OCH3 is 1. The molecule has 1 aliphatic heterocycles. The van der Waals surface area contributed by atoms with Crippen molar-refractivity contribution in [2.24, 2.45) is 0 Å². The van der Waals surface area contributed by atoms with E-state index in [1.54, 1.807) is 0 Å². The van der Waals surface area contributed by atoms with Crippen LogP contribution in [0.3, 0.4) is 0 Å². The van der Waals surface area contributed by atoms with Crippen molar-refractivity contribution in [2.75, 3.05) is 19.4 Å². The van der Waals surface area contributed by atoms with E-state index in [1.807, 2.05) is 23.0 Å². The van der Waals surface area contributed by atoms with Crippen LogP contribution in [0.25, 0.3) is 0 Å². The van der Waals surface area contributed by atoms with Gasteiger partial charge in [0, 0.05) is 18.3 Å². The van der Waals surface area contributed by atoms with E-state index in [1.165, 1.54) is 7.11 Å². The lowest BCUT2D eigenvalue weighted by atomic mass is 10.4. The number of ether oxygens (including phenoxy) is 1. The zero-order valence-corrected chi connectivity index (χ0v) is 10.6. The van der Waals surface area contributed by atoms with Gasteiger partial charge < -0.3 is 4.74 Å². The molecule has 0 bridgehead atoms. The molecule has 0 spiro atoms. The number of hydrogen-bond donors (Lipinski definition) is 1. The molecule has 0 aromatic heterocycles. The predicted octanol–water partition coefficient (Wildman–Crippen LogP) is 1.57. The molecule has 0 aromatic carbocycles. The summed E-state index contributed by atoms with van der Waals surface area (Å²) in [7, 11) is 0.806. The monoisotopic (exact) mass is 263 g/mol. The number of amides is 1. The van der Waals surface area contributed by atoms with Crippen molar-refractivity contribution in [3.05, 3.63) is 23.0 Å². The Morgan fingerprint density at radius 3 is 2.56 bits per heavy atom. The zero-order valence-electron chi connectivity index (χ0n) is 8.93. The van der Waals surface area contributed by atoms with Crippen LogP contribution in [0.15, 0.2) is 23.0 Å². The molecule has 0 aromatic rings. The average Bonchev–Trinajstić information content (AvgIpc) is 2.77. The van der Waals surface area contributed by atoms with Crippen molar-refractivity contribution in [1.82, 2.24) is 4.42 Å². The summed E-state index contributed by atoms with van der Waals surface area (Å²) < 4.78 is 5.51. The van der Waals surface area contributed by atoms with E-state index in [4.69, 9.17) is 11.8 Å². The van der Waals surface area contributed by atoms with Crippen molar-refractivity contribution in [2.45, 2.75) is 6.42 Å². The predicted molar refractivity (Wildman–Crippen MR) is 66.3 cm³/mol. The van der Waals surface area contributed by atoms with Crippen LogP contribution in [0.2, 0.25) is 0 Å². The number of nitrogens with zero attached hydrogens (tertiary/aromatic N) is 1. The molecule has 1 aliphatic rings. The molecule has 0 unspecified atom stereocenters. The number of rotatable bonds is 5. The summed E-state index contributed by atoms with van der Waals surface area (Å²) in [5.41, 5.74) is 0. The maximum atomic E-state index is 11.6. The highest BCUT2D eigenvalue weighted by atomic mass is 35.5. The van der Waals surface area contributed by atoms with Gasteiger partial charge >= 0.3 is 5.97 Å². The lowest BCUT2D eigenvalue weighted by Crippen LogP contribution is -2.26. The highest BCUT2D eigenvalue weighted by Gasteiger charge is 2.15. The summed E-state index contributed by atoms with van der Waals surface area (Å²) in [6.07, 6.45) is 3.97. The second-order valence-corrected chi connectivity index (χ2v) is 5.51. The lowest BCUT2D eigenvalue weighted by Gasteiger charge is -2.16. The van der Waals surface area contributed by atoms with E-state index in [-0.39, 0.29) is 24.8 Å². The fourth-order valence-corrected chi connectivity index (χ4v) is 2.79. The third-order valence-corrected chi connectivity index (χ3v) is 4.10. The first-order chi connectivity index (χ1) is 7.63. The maximum Gasteiger partial charge on any atom is 0.307 e. The SMILES string of the molecule is COC(=O)CCN(Cl)C(=O)C[SH]1C=CC=C1. The number of hydrogen-bond acceptors (Lipinski definition) is 3. The van der Waals surface area contributed by atoms with Gasteiger partial charge in [0.15, 0.2) is 0 Å². The van der Waals surface area contributed by atoms with Gasteiger partial charge in [-0.05, 0) is 10.8 Å². The normalized spacial score (nSPS) is 15.2. The van der Waals surface area contributed by atoms with Crippen LogP contribution in [0.4, 0.5) is 0 Å². The van der Waals surface area contributed by atoms with E-state index in [0.29, 0.717) is 5.75 Å². The van der Waals surface area contributed by atoms with Gasteiger partial charge in [-0.15, -0.1) is 0 Å². The summed E-state index contributed by atoms with van der Waals surface area (Å²) >= 11 is 5.75. The molecule has 0 fully saturated rings. The number of thiol groups is 1. The molecule has 90 valence electrons. The van der Waals surface area contributed by atoms with E-state index in [0.717, 1.165) is 4.42 Å². The summed E-state index contributed by atoms with van der Waals surface area (Å²) in [6.45, 7) is 0.184. The molecule has 16 heavy (non-hydrogen) atoms. The third-order valence-electron chi connectivity index (χ3n) is 1.99. The van der Waals surface area contributed by atoms with Crippen molar-refractivity contribution in [3.63, 3.8) is 0 Å². The van der Waals surface area contributed by atoms with Gasteiger partial charge in [-0.25, -0.2) is 10.9 Å². The van der Waals surface area contributed by atoms with Crippen LogP contribution in [0.5, 0.6) is 0 Å². The Kier molecular flexibility index (Phi) is 5.42. The van der Waals surface area contributed by atoms with Crippen molar-refractivity contribution in [1.29, 1.82) is 0 Å². The van der Waals surface area contributed by atoms with E-state index in [2.05, 4.69) is 4.74 Å². The van der Waals surface area contributed by atoms with E-state index < -0.39 is 10.9 Å². The minimum Gasteiger partial charge on any atom is -0.469 e. The Bertz CT molecular complexity index is 318. The van der Waals surface area contributed by atoms with Crippen LogP contribution in [0, 0.1) is 0 Å². The minimum atomic E-state index is -0.500. The van der Waals surface area contributed by atoms with Gasteiger partial charge in [-0.2, -0.15) is 0 Å². The summed E-state index contributed by atoms with van der Waals surface area (Å²) in [4.78, 5) is 22.4. The smallest absolute Gasteiger partial charge is 0.307 e. The molecular weight excluding hydrogens is 250 g/mol. The fraction of sp³-hybridized carbons (Fsp3) is 0.400. The van der Waals surface area contributed by atoms with Gasteiger partial charge in [-0.3, -0.25) is 14.0 Å². The van der Waals surface area contributed by atoms with Crippen molar-refractivity contribution < 1.29 is 14.3 Å². The maximum absolute atomic E-state index is 11.6. The van der Waals surface area contributed by atoms with Crippen molar-refractivity contribution in [3.8, 4) is 0 Å². The second-order valence-electron chi connectivity index (χ2n) is 3.16. The van der Waals surface area contributed by atoms with Crippen LogP contribution >= 0.6 is 22.7 Å². The van der Waals surface area contributed by atoms with Crippen LogP contribution in [-0.2, 0) is 14.3 Å². The van der Waals surface area contributed by atoms with Crippen LogP contribution < -0.4 is 0 Å². The molecular formula is C10H14ClNO3S. The van der Waals surface area contributed by atoms with Crippen molar-refractivity contribution >= 4 is 34.5 Å². The Hall–Kier alpha value is -0.940. The first-order valence-corrected chi connectivity index (χ1v) is 6.77. The van der Waals surface area contributed by atoms with Gasteiger partial charge in [0.2, 0.25) is 5.91 Å². The van der Waals surface area contributed by atoms with Gasteiger partial charge in [0.25, 0.3) is 0 Å². The highest BCUT2D eigenvalue weighted by molar-refractivity contribution is 8.22. The Morgan fingerprint density at radius 1 is 1.38 bits per heavy atom. The first kappa shape index (κ1) is 13.1. The average molecular weight is 264 g/mol. The Balaban J connectivity index is 2.27. The van der Waals surface area contributed by atoms with E-state index >= 15 is 0 Å². The summed E-state index contributed by atoms with van der Waals surface area (Å²) in [6, 6.07) is 0. The number of esters is 1. The molecule has 0 radical (unpaired) electrons. The molecule has 0 saturated carbocycles. The molecule has 0 N–H and O–H groups in total. The number of halogens is 1. The molecule has 0 aliphatic carbocycles. The van der Waals surface area contributed by atoms with Crippen LogP contribution in [0.1, 0.15) is 6.42 Å². The lowest BCUT2D eigenvalue weighted by molar-refractivity contribution is -0.140. The third kappa shape index (κ3) is 4.28. The fourth-order valence-electron chi connectivity index (χ4n) is 1.12. The van der Waals surface area contributed by atoms with Gasteiger partial charge in [0.05, 0.1) is 19.3 Å². The first-order valence-electron chi connectivity index (χ1n) is 4.77. The number of carbonyl (C=O) groups is 2. The summed E-state index contributed by atoms with van der Waals surface area (Å²) in [5.74, 6) is -0.134. The molecule has 0 saturated heterocycles. The number of carbonyl (C=O) groups excluding carboxylic acids is 2. The van der Waals surface area contributed by atoms with Gasteiger partial charge in [0.1, 0.15) is 0 Å². The van der Waals surface area contributed by atoms with E-state index in [9.17, 15) is 9.59 Å². The molecule has 1 rings (SSSR count). The Labute approximate surface area is 102 Å². The second kappa shape index (κ2) is 6.60.